The number of imide groups is 1. The lowest BCUT2D eigenvalue weighted by atomic mass is 10.00. The molecule has 0 radical (unpaired) electrons. The van der Waals surface area contributed by atoms with E-state index in [0.29, 0.717) is 17.0 Å². The Kier molecular flexibility index (Phi) is 4.26. The third kappa shape index (κ3) is 3.11. The number of amides is 2. The zero-order valence-corrected chi connectivity index (χ0v) is 14.3. The van der Waals surface area contributed by atoms with Crippen LogP contribution >= 0.6 is 0 Å². The van der Waals surface area contributed by atoms with E-state index in [2.05, 4.69) is 0 Å². The van der Waals surface area contributed by atoms with Crippen molar-refractivity contribution in [1.82, 2.24) is 5.06 Å². The van der Waals surface area contributed by atoms with Gasteiger partial charge in [-0.05, 0) is 35.7 Å². The predicted octanol–water partition coefficient (Wildman–Crippen LogP) is 3.65. The minimum Gasteiger partial charge on any atom is -0.324 e. The summed E-state index contributed by atoms with van der Waals surface area (Å²) in [5.41, 5.74) is 2.57. The van der Waals surface area contributed by atoms with Gasteiger partial charge in [0.2, 0.25) is 0 Å². The zero-order valence-electron chi connectivity index (χ0n) is 14.3. The fourth-order valence-corrected chi connectivity index (χ4v) is 3.07. The molecule has 5 heteroatoms. The van der Waals surface area contributed by atoms with Crippen molar-refractivity contribution < 1.29 is 19.2 Å². The number of rotatable bonds is 4. The van der Waals surface area contributed by atoms with Crippen molar-refractivity contribution in [1.29, 1.82) is 0 Å². The summed E-state index contributed by atoms with van der Waals surface area (Å²) < 4.78 is 0. The Labute approximate surface area is 155 Å². The molecule has 0 aromatic heterocycles. The van der Waals surface area contributed by atoms with Gasteiger partial charge in [-0.2, -0.15) is 0 Å². The lowest BCUT2D eigenvalue weighted by Crippen LogP contribution is -2.33. The summed E-state index contributed by atoms with van der Waals surface area (Å²) >= 11 is 0. The molecule has 4 rings (SSSR count). The molecule has 3 aromatic carbocycles. The summed E-state index contributed by atoms with van der Waals surface area (Å²) in [5, 5.41) is 0.534. The van der Waals surface area contributed by atoms with Gasteiger partial charge in [-0.25, -0.2) is 4.79 Å². The van der Waals surface area contributed by atoms with Gasteiger partial charge in [0, 0.05) is 0 Å². The minimum atomic E-state index is -0.740. The molecular weight excluding hydrogens is 342 g/mol. The molecule has 1 aliphatic rings. The summed E-state index contributed by atoms with van der Waals surface area (Å²) in [4.78, 5) is 42.6. The second-order valence-corrected chi connectivity index (χ2v) is 6.15. The SMILES string of the molecule is O=C(ON1C(=O)c2ccccc2C1=O)c1ccccc1Cc1ccccc1. The topological polar surface area (TPSA) is 63.7 Å². The lowest BCUT2D eigenvalue weighted by molar-refractivity contribution is -0.0585. The van der Waals surface area contributed by atoms with E-state index in [-0.39, 0.29) is 11.1 Å². The monoisotopic (exact) mass is 357 g/mol. The second-order valence-electron chi connectivity index (χ2n) is 6.15. The maximum absolute atomic E-state index is 12.7. The second kappa shape index (κ2) is 6.88. The molecule has 2 amide bonds. The lowest BCUT2D eigenvalue weighted by Gasteiger charge is -2.14. The number of nitrogens with zero attached hydrogens (tertiary/aromatic N) is 1. The van der Waals surface area contributed by atoms with Crippen LogP contribution in [0.2, 0.25) is 0 Å². The highest BCUT2D eigenvalue weighted by Crippen LogP contribution is 2.24. The van der Waals surface area contributed by atoms with Crippen LogP contribution in [0.25, 0.3) is 0 Å². The van der Waals surface area contributed by atoms with Gasteiger partial charge in [-0.3, -0.25) is 9.59 Å². The van der Waals surface area contributed by atoms with Gasteiger partial charge in [-0.15, -0.1) is 0 Å². The first-order valence-corrected chi connectivity index (χ1v) is 8.47. The number of benzene rings is 3. The standard InChI is InChI=1S/C22H15NO4/c24-20-18-12-6-7-13-19(18)21(25)23(20)27-22(26)17-11-5-4-10-16(17)14-15-8-2-1-3-9-15/h1-13H,14H2. The normalized spacial score (nSPS) is 12.8. The summed E-state index contributed by atoms with van der Waals surface area (Å²) in [7, 11) is 0. The molecule has 0 fully saturated rings. The van der Waals surface area contributed by atoms with Gasteiger partial charge in [-0.1, -0.05) is 65.7 Å². The highest BCUT2D eigenvalue weighted by atomic mass is 16.7. The van der Waals surface area contributed by atoms with E-state index in [1.54, 1.807) is 24.3 Å². The highest BCUT2D eigenvalue weighted by Gasteiger charge is 2.38. The Hall–Kier alpha value is -3.73. The van der Waals surface area contributed by atoms with E-state index < -0.39 is 17.8 Å². The smallest absolute Gasteiger partial charge is 0.324 e. The number of fused-ring (bicyclic) bond motifs is 1. The van der Waals surface area contributed by atoms with Crippen molar-refractivity contribution in [2.75, 3.05) is 0 Å². The van der Waals surface area contributed by atoms with Crippen LogP contribution < -0.4 is 0 Å². The molecule has 0 bridgehead atoms. The van der Waals surface area contributed by atoms with Crippen molar-refractivity contribution in [3.05, 3.63) is 107 Å². The maximum atomic E-state index is 12.7. The largest absolute Gasteiger partial charge is 0.364 e. The molecule has 0 saturated heterocycles. The first-order valence-electron chi connectivity index (χ1n) is 8.47. The van der Waals surface area contributed by atoms with Gasteiger partial charge >= 0.3 is 5.97 Å². The maximum Gasteiger partial charge on any atom is 0.364 e. The Morgan fingerprint density at radius 1 is 0.741 bits per heavy atom. The van der Waals surface area contributed by atoms with Crippen molar-refractivity contribution in [3.8, 4) is 0 Å². The van der Waals surface area contributed by atoms with Gasteiger partial charge in [0.05, 0.1) is 16.7 Å². The van der Waals surface area contributed by atoms with Crippen LogP contribution in [0.3, 0.4) is 0 Å². The number of hydrogen-bond acceptors (Lipinski definition) is 4. The van der Waals surface area contributed by atoms with Crippen LogP contribution in [0.15, 0.2) is 78.9 Å². The third-order valence-electron chi connectivity index (χ3n) is 4.41. The molecule has 132 valence electrons. The third-order valence-corrected chi connectivity index (χ3v) is 4.41. The molecule has 1 aliphatic heterocycles. The Morgan fingerprint density at radius 2 is 1.30 bits per heavy atom. The van der Waals surface area contributed by atoms with E-state index in [9.17, 15) is 14.4 Å². The molecule has 0 atom stereocenters. The van der Waals surface area contributed by atoms with E-state index in [0.717, 1.165) is 11.1 Å². The fourth-order valence-electron chi connectivity index (χ4n) is 3.07. The zero-order chi connectivity index (χ0) is 18.8. The van der Waals surface area contributed by atoms with Crippen molar-refractivity contribution in [3.63, 3.8) is 0 Å². The summed E-state index contributed by atoms with van der Waals surface area (Å²) in [5.74, 6) is -2.01. The van der Waals surface area contributed by atoms with Crippen molar-refractivity contribution in [2.45, 2.75) is 6.42 Å². The van der Waals surface area contributed by atoms with Gasteiger partial charge in [0.1, 0.15) is 0 Å². The fraction of sp³-hybridized carbons (Fsp3) is 0.0455. The quantitative estimate of drug-likeness (QED) is 0.669. The average molecular weight is 357 g/mol. The van der Waals surface area contributed by atoms with Crippen LogP contribution in [0.4, 0.5) is 0 Å². The highest BCUT2D eigenvalue weighted by molar-refractivity contribution is 6.21. The first kappa shape index (κ1) is 16.7. The molecule has 0 unspecified atom stereocenters. The predicted molar refractivity (Wildman–Crippen MR) is 98.0 cm³/mol. The molecule has 1 heterocycles. The summed E-state index contributed by atoms with van der Waals surface area (Å²) in [6.07, 6.45) is 0.536. The first-order chi connectivity index (χ1) is 13.1. The van der Waals surface area contributed by atoms with Crippen molar-refractivity contribution in [2.24, 2.45) is 0 Å². The van der Waals surface area contributed by atoms with E-state index in [1.165, 1.54) is 12.1 Å². The molecule has 5 nitrogen and oxygen atoms in total. The number of hydrogen-bond donors (Lipinski definition) is 0. The van der Waals surface area contributed by atoms with Gasteiger partial charge in [0.25, 0.3) is 11.8 Å². The average Bonchev–Trinajstić information content (AvgIpc) is 2.94. The molecule has 0 N–H and O–H groups in total. The minimum absolute atomic E-state index is 0.230. The molecule has 27 heavy (non-hydrogen) atoms. The van der Waals surface area contributed by atoms with Crippen molar-refractivity contribution >= 4 is 17.8 Å². The van der Waals surface area contributed by atoms with Crippen LogP contribution in [-0.4, -0.2) is 22.8 Å². The van der Waals surface area contributed by atoms with Gasteiger partial charge in [0.15, 0.2) is 0 Å². The number of carbonyl (C=O) groups is 3. The number of carbonyl (C=O) groups excluding carboxylic acids is 3. The summed E-state index contributed by atoms with van der Waals surface area (Å²) in [6.45, 7) is 0. The molecule has 0 spiro atoms. The Morgan fingerprint density at radius 3 is 1.96 bits per heavy atom. The summed E-state index contributed by atoms with van der Waals surface area (Å²) in [6, 6.07) is 23.1. The Bertz CT molecular complexity index is 1010. The molecule has 3 aromatic rings. The molecule has 0 aliphatic carbocycles. The molecule has 0 saturated carbocycles. The molecular formula is C22H15NO4. The van der Waals surface area contributed by atoms with E-state index in [1.807, 2.05) is 42.5 Å². The Balaban J connectivity index is 1.58. The van der Waals surface area contributed by atoms with E-state index in [4.69, 9.17) is 4.84 Å². The van der Waals surface area contributed by atoms with Crippen LogP contribution in [0, 0.1) is 0 Å². The van der Waals surface area contributed by atoms with Gasteiger partial charge < -0.3 is 4.84 Å². The van der Waals surface area contributed by atoms with Crippen LogP contribution in [-0.2, 0) is 11.3 Å². The van der Waals surface area contributed by atoms with Crippen LogP contribution in [0.5, 0.6) is 0 Å². The van der Waals surface area contributed by atoms with Crippen LogP contribution in [0.1, 0.15) is 42.2 Å². The van der Waals surface area contributed by atoms with E-state index >= 15 is 0 Å². The number of hydroxylamine groups is 2.